The Kier molecular flexibility index (Phi) is 4.24. The van der Waals surface area contributed by atoms with Crippen molar-refractivity contribution in [3.05, 3.63) is 109 Å². The Bertz CT molecular complexity index is 1450. The lowest BCUT2D eigenvalue weighted by Gasteiger charge is -2.14. The van der Waals surface area contributed by atoms with Crippen LogP contribution in [-0.4, -0.2) is 7.69 Å². The minimum atomic E-state index is 0.144. The maximum Gasteiger partial charge on any atom is 0.576 e. The molecule has 6 rings (SSSR count). The van der Waals surface area contributed by atoms with E-state index in [4.69, 9.17) is 9.31 Å². The van der Waals surface area contributed by atoms with Crippen LogP contribution in [0.2, 0.25) is 0 Å². The number of fused-ring (bicyclic) bond motifs is 6. The molecule has 0 atom stereocenters. The summed E-state index contributed by atoms with van der Waals surface area (Å²) >= 11 is 0. The molecule has 0 unspecified atom stereocenters. The molecule has 0 fully saturated rings. The van der Waals surface area contributed by atoms with E-state index in [0.717, 1.165) is 33.0 Å². The van der Waals surface area contributed by atoms with E-state index in [0.29, 0.717) is 0 Å². The van der Waals surface area contributed by atoms with Crippen LogP contribution in [-0.2, 0) is 0 Å². The van der Waals surface area contributed by atoms with Crippen LogP contribution < -0.4 is 9.31 Å². The van der Waals surface area contributed by atoms with Gasteiger partial charge < -0.3 is 9.31 Å². The van der Waals surface area contributed by atoms with Crippen LogP contribution in [0.4, 0.5) is 0 Å². The fourth-order valence-corrected chi connectivity index (χ4v) is 4.44. The molecule has 146 valence electrons. The Labute approximate surface area is 180 Å². The third-order valence-corrected chi connectivity index (χ3v) is 5.89. The standard InChI is InChI=1S/C28H19BO2/c1-3-11-21-19(9-1)17-27(25-15-7-5-13-23(21)25)30-29-31-28-18-20-10-2-4-12-22(20)24-14-6-8-16-26(24)28/h1-18,29H. The molecule has 0 spiro atoms. The molecule has 0 aliphatic rings. The molecule has 2 nitrogen and oxygen atoms in total. The maximum atomic E-state index is 6.17. The predicted octanol–water partition coefficient (Wildman–Crippen LogP) is 7.02. The molecule has 0 aromatic heterocycles. The van der Waals surface area contributed by atoms with Crippen molar-refractivity contribution in [3.8, 4) is 11.5 Å². The molecule has 0 bridgehead atoms. The largest absolute Gasteiger partial charge is 0.576 e. The van der Waals surface area contributed by atoms with Crippen molar-refractivity contribution in [2.75, 3.05) is 0 Å². The third-order valence-electron chi connectivity index (χ3n) is 5.89. The Morgan fingerprint density at radius 2 is 0.742 bits per heavy atom. The summed E-state index contributed by atoms with van der Waals surface area (Å²) in [6.45, 7) is 0. The topological polar surface area (TPSA) is 18.5 Å². The zero-order chi connectivity index (χ0) is 20.6. The second-order valence-electron chi connectivity index (χ2n) is 7.69. The first-order valence-electron chi connectivity index (χ1n) is 10.4. The smallest absolute Gasteiger partial charge is 0.528 e. The van der Waals surface area contributed by atoms with Gasteiger partial charge in [-0.2, -0.15) is 0 Å². The summed E-state index contributed by atoms with van der Waals surface area (Å²) in [6.07, 6.45) is 0. The second kappa shape index (κ2) is 7.37. The summed E-state index contributed by atoms with van der Waals surface area (Å²) in [4.78, 5) is 0. The Balaban J connectivity index is 1.37. The molecule has 0 amide bonds. The quantitative estimate of drug-likeness (QED) is 0.235. The van der Waals surface area contributed by atoms with Crippen molar-refractivity contribution >= 4 is 50.8 Å². The molecular weight excluding hydrogens is 379 g/mol. The third kappa shape index (κ3) is 3.06. The maximum absolute atomic E-state index is 6.17. The summed E-state index contributed by atoms with van der Waals surface area (Å²) in [5.74, 6) is 1.67. The minimum absolute atomic E-state index is 0.144. The highest BCUT2D eigenvalue weighted by Crippen LogP contribution is 2.35. The van der Waals surface area contributed by atoms with Crippen molar-refractivity contribution < 1.29 is 9.31 Å². The van der Waals surface area contributed by atoms with Gasteiger partial charge in [0.05, 0.1) is 0 Å². The summed E-state index contributed by atoms with van der Waals surface area (Å²) in [5.41, 5.74) is 0. The van der Waals surface area contributed by atoms with Crippen molar-refractivity contribution in [3.63, 3.8) is 0 Å². The average Bonchev–Trinajstić information content (AvgIpc) is 2.84. The average molecular weight is 398 g/mol. The molecule has 0 saturated carbocycles. The number of benzene rings is 6. The van der Waals surface area contributed by atoms with E-state index in [9.17, 15) is 0 Å². The summed E-state index contributed by atoms with van der Waals surface area (Å²) in [7, 11) is 0.144. The first-order valence-corrected chi connectivity index (χ1v) is 10.4. The molecule has 6 aromatic rings. The van der Waals surface area contributed by atoms with E-state index < -0.39 is 0 Å². The van der Waals surface area contributed by atoms with Crippen molar-refractivity contribution in [2.24, 2.45) is 0 Å². The molecule has 0 aliphatic heterocycles. The van der Waals surface area contributed by atoms with Gasteiger partial charge in [-0.05, 0) is 44.5 Å². The Morgan fingerprint density at radius 3 is 1.19 bits per heavy atom. The molecule has 3 heteroatoms. The summed E-state index contributed by atoms with van der Waals surface area (Å²) < 4.78 is 12.3. The highest BCUT2D eigenvalue weighted by molar-refractivity contribution is 6.23. The summed E-state index contributed by atoms with van der Waals surface area (Å²) in [5, 5.41) is 9.33. The van der Waals surface area contributed by atoms with Gasteiger partial charge >= 0.3 is 7.69 Å². The molecule has 0 radical (unpaired) electrons. The molecule has 6 aromatic carbocycles. The lowest BCUT2D eigenvalue weighted by molar-refractivity contribution is 0.465. The van der Waals surface area contributed by atoms with Gasteiger partial charge in [-0.15, -0.1) is 0 Å². The predicted molar refractivity (Wildman–Crippen MR) is 131 cm³/mol. The lowest BCUT2D eigenvalue weighted by Crippen LogP contribution is -2.11. The first-order chi connectivity index (χ1) is 15.4. The van der Waals surface area contributed by atoms with Crippen molar-refractivity contribution in [2.45, 2.75) is 0 Å². The fourth-order valence-electron chi connectivity index (χ4n) is 4.44. The monoisotopic (exact) mass is 398 g/mol. The van der Waals surface area contributed by atoms with Gasteiger partial charge in [0.25, 0.3) is 0 Å². The van der Waals surface area contributed by atoms with Gasteiger partial charge in [-0.3, -0.25) is 0 Å². The summed E-state index contributed by atoms with van der Waals surface area (Å²) in [6, 6.07) is 37.7. The van der Waals surface area contributed by atoms with Gasteiger partial charge in [-0.1, -0.05) is 97.1 Å². The number of rotatable bonds is 4. The van der Waals surface area contributed by atoms with Crippen molar-refractivity contribution in [1.82, 2.24) is 0 Å². The second-order valence-corrected chi connectivity index (χ2v) is 7.69. The van der Waals surface area contributed by atoms with Gasteiger partial charge in [0.2, 0.25) is 0 Å². The van der Waals surface area contributed by atoms with Crippen LogP contribution in [0.3, 0.4) is 0 Å². The molecular formula is C28H19BO2. The zero-order valence-electron chi connectivity index (χ0n) is 16.9. The normalized spacial score (nSPS) is 11.2. The van der Waals surface area contributed by atoms with E-state index >= 15 is 0 Å². The van der Waals surface area contributed by atoms with Crippen LogP contribution >= 0.6 is 0 Å². The van der Waals surface area contributed by atoms with E-state index in [-0.39, 0.29) is 7.69 Å². The fraction of sp³-hybridized carbons (Fsp3) is 0. The molecule has 31 heavy (non-hydrogen) atoms. The van der Waals surface area contributed by atoms with Gasteiger partial charge in [0.15, 0.2) is 0 Å². The SMILES string of the molecule is B(Oc1cc2ccccc2c2ccccc12)Oc1cc2ccccc2c2ccccc12. The molecule has 0 N–H and O–H groups in total. The van der Waals surface area contributed by atoms with Gasteiger partial charge in [0.1, 0.15) is 11.5 Å². The molecule has 0 saturated heterocycles. The lowest BCUT2D eigenvalue weighted by atomic mass is 10.0. The molecule has 0 heterocycles. The zero-order valence-corrected chi connectivity index (χ0v) is 16.9. The number of hydrogen-bond donors (Lipinski definition) is 0. The van der Waals surface area contributed by atoms with Crippen molar-refractivity contribution in [1.29, 1.82) is 0 Å². The van der Waals surface area contributed by atoms with E-state index in [1.807, 2.05) is 12.1 Å². The minimum Gasteiger partial charge on any atom is -0.528 e. The van der Waals surface area contributed by atoms with Gasteiger partial charge in [0, 0.05) is 10.8 Å². The van der Waals surface area contributed by atoms with E-state index in [1.165, 1.54) is 21.5 Å². The van der Waals surface area contributed by atoms with Gasteiger partial charge in [-0.25, -0.2) is 0 Å². The highest BCUT2D eigenvalue weighted by atomic mass is 16.6. The van der Waals surface area contributed by atoms with Crippen LogP contribution in [0.5, 0.6) is 11.5 Å². The van der Waals surface area contributed by atoms with E-state index in [1.54, 1.807) is 0 Å². The van der Waals surface area contributed by atoms with E-state index in [2.05, 4.69) is 97.1 Å². The highest BCUT2D eigenvalue weighted by Gasteiger charge is 2.11. The Hall–Kier alpha value is -3.98. The van der Waals surface area contributed by atoms with Crippen LogP contribution in [0.25, 0.3) is 43.1 Å². The Morgan fingerprint density at radius 1 is 0.387 bits per heavy atom. The van der Waals surface area contributed by atoms with Crippen LogP contribution in [0.1, 0.15) is 0 Å². The van der Waals surface area contributed by atoms with Crippen LogP contribution in [0.15, 0.2) is 109 Å². The molecule has 0 aliphatic carbocycles. The first kappa shape index (κ1) is 17.8. The van der Waals surface area contributed by atoms with Crippen LogP contribution in [0, 0.1) is 0 Å². The number of hydrogen-bond acceptors (Lipinski definition) is 2.